The molecule has 0 heterocycles. The Labute approximate surface area is 148 Å². The molecule has 140 valence electrons. The number of hydrogen-bond acceptors (Lipinski definition) is 6. The first-order chi connectivity index (χ1) is 11.2. The van der Waals surface area contributed by atoms with E-state index in [2.05, 4.69) is 4.90 Å². The van der Waals surface area contributed by atoms with Crippen molar-refractivity contribution in [2.45, 2.75) is 37.4 Å². The molecule has 9 heteroatoms. The smallest absolute Gasteiger partial charge is 0.427 e. The summed E-state index contributed by atoms with van der Waals surface area (Å²) in [7, 11) is 5.68. The van der Waals surface area contributed by atoms with Gasteiger partial charge in [0.05, 0.1) is 0 Å². The largest absolute Gasteiger partial charge is 0.500 e. The summed E-state index contributed by atoms with van der Waals surface area (Å²) in [4.78, 5) is 2.56. The van der Waals surface area contributed by atoms with Crippen LogP contribution in [0.1, 0.15) is 19.3 Å². The van der Waals surface area contributed by atoms with Gasteiger partial charge >= 0.3 is 8.80 Å². The summed E-state index contributed by atoms with van der Waals surface area (Å²) in [5, 5.41) is 0. The second kappa shape index (κ2) is 15.9. The second-order valence-electron chi connectivity index (χ2n) is 5.64. The van der Waals surface area contributed by atoms with Gasteiger partial charge in [0.2, 0.25) is 0 Å². The molecular formula is C14H37NO5Si3. The summed E-state index contributed by atoms with van der Waals surface area (Å²) in [5.41, 5.74) is 0. The predicted octanol–water partition coefficient (Wildman–Crippen LogP) is 0.634. The van der Waals surface area contributed by atoms with Gasteiger partial charge in [-0.2, -0.15) is 0 Å². The third-order valence-corrected chi connectivity index (χ3v) is 9.26. The molecule has 0 fully saturated rings. The lowest BCUT2D eigenvalue weighted by molar-refractivity contribution is 0.121. The molecule has 0 aromatic rings. The van der Waals surface area contributed by atoms with E-state index in [4.69, 9.17) is 22.1 Å². The van der Waals surface area contributed by atoms with Crippen molar-refractivity contribution in [3.8, 4) is 0 Å². The maximum absolute atomic E-state index is 5.50. The van der Waals surface area contributed by atoms with Gasteiger partial charge in [0, 0.05) is 41.6 Å². The Kier molecular flexibility index (Phi) is 16.2. The van der Waals surface area contributed by atoms with Crippen molar-refractivity contribution in [3.05, 3.63) is 0 Å². The molecule has 6 nitrogen and oxygen atoms in total. The van der Waals surface area contributed by atoms with Gasteiger partial charge in [-0.15, -0.1) is 0 Å². The Bertz CT molecular complexity index is 240. The molecule has 0 aliphatic carbocycles. The van der Waals surface area contributed by atoms with Crippen LogP contribution in [-0.4, -0.2) is 88.4 Å². The lowest BCUT2D eigenvalue weighted by Crippen LogP contribution is -2.43. The van der Waals surface area contributed by atoms with E-state index in [9.17, 15) is 0 Å². The van der Waals surface area contributed by atoms with Crippen LogP contribution in [0.25, 0.3) is 0 Å². The molecule has 0 rings (SSSR count). The van der Waals surface area contributed by atoms with Gasteiger partial charge in [-0.05, 0) is 51.0 Å². The normalized spacial score (nSPS) is 13.3. The summed E-state index contributed by atoms with van der Waals surface area (Å²) < 4.78 is 27.0. The molecule has 0 aliphatic rings. The van der Waals surface area contributed by atoms with Crippen molar-refractivity contribution in [1.82, 2.24) is 4.90 Å². The monoisotopic (exact) mass is 383 g/mol. The highest BCUT2D eigenvalue weighted by Gasteiger charge is 2.36. The minimum Gasteiger partial charge on any atom is -0.427 e. The van der Waals surface area contributed by atoms with Crippen LogP contribution in [0.4, 0.5) is 0 Å². The maximum atomic E-state index is 5.50. The van der Waals surface area contributed by atoms with Crippen molar-refractivity contribution in [2.75, 3.05) is 55.2 Å². The zero-order valence-corrected chi connectivity index (χ0v) is 19.6. The average molecular weight is 384 g/mol. The zero-order valence-electron chi connectivity index (χ0n) is 15.8. The molecule has 0 atom stereocenters. The van der Waals surface area contributed by atoms with Gasteiger partial charge in [-0.3, -0.25) is 0 Å². The Hall–Kier alpha value is 0.411. The summed E-state index contributed by atoms with van der Waals surface area (Å²) in [6, 6.07) is 3.38. The summed E-state index contributed by atoms with van der Waals surface area (Å²) in [6.45, 7) is 3.40. The Morgan fingerprint density at radius 2 is 1.13 bits per heavy atom. The first-order valence-electron chi connectivity index (χ1n) is 8.53. The van der Waals surface area contributed by atoms with Gasteiger partial charge in [-0.1, -0.05) is 0 Å². The fourth-order valence-electron chi connectivity index (χ4n) is 2.57. The molecule has 0 amide bonds. The third kappa shape index (κ3) is 11.6. The first-order valence-corrected chi connectivity index (χ1v) is 13.6. The SMILES string of the molecule is CO[SiH2]CCCN(CCC[SiH2]OC)CCC[Si](OC)(OC)OC. The van der Waals surface area contributed by atoms with Crippen LogP contribution in [0.2, 0.25) is 18.1 Å². The van der Waals surface area contributed by atoms with Crippen molar-refractivity contribution < 1.29 is 22.1 Å². The zero-order chi connectivity index (χ0) is 17.4. The molecule has 0 aliphatic heterocycles. The molecule has 23 heavy (non-hydrogen) atoms. The third-order valence-electron chi connectivity index (χ3n) is 4.04. The van der Waals surface area contributed by atoms with Crippen LogP contribution in [0.3, 0.4) is 0 Å². The van der Waals surface area contributed by atoms with E-state index in [1.54, 1.807) is 21.3 Å². The highest BCUT2D eigenvalue weighted by atomic mass is 28.4. The van der Waals surface area contributed by atoms with E-state index in [1.165, 1.54) is 24.9 Å². The van der Waals surface area contributed by atoms with Gasteiger partial charge in [0.25, 0.3) is 0 Å². The molecule has 0 bridgehead atoms. The number of nitrogens with zero attached hydrogens (tertiary/aromatic N) is 1. The molecule has 0 radical (unpaired) electrons. The van der Waals surface area contributed by atoms with Crippen molar-refractivity contribution >= 4 is 28.3 Å². The highest BCUT2D eigenvalue weighted by molar-refractivity contribution is 6.60. The molecule has 0 saturated heterocycles. The van der Waals surface area contributed by atoms with Gasteiger partial charge in [0.1, 0.15) is 0 Å². The lowest BCUT2D eigenvalue weighted by atomic mass is 10.3. The van der Waals surface area contributed by atoms with E-state index >= 15 is 0 Å². The molecule has 0 spiro atoms. The molecule has 0 saturated carbocycles. The Morgan fingerprint density at radius 3 is 1.52 bits per heavy atom. The fourth-order valence-corrected chi connectivity index (χ4v) is 5.71. The molecule has 0 aromatic heterocycles. The maximum Gasteiger partial charge on any atom is 0.500 e. The van der Waals surface area contributed by atoms with Crippen LogP contribution in [0, 0.1) is 0 Å². The number of rotatable bonds is 17. The van der Waals surface area contributed by atoms with Crippen LogP contribution < -0.4 is 0 Å². The van der Waals surface area contributed by atoms with E-state index in [1.807, 2.05) is 14.2 Å². The minimum atomic E-state index is -2.43. The second-order valence-corrected chi connectivity index (χ2v) is 12.1. The van der Waals surface area contributed by atoms with E-state index < -0.39 is 8.80 Å². The quantitative estimate of drug-likeness (QED) is 0.271. The van der Waals surface area contributed by atoms with Gasteiger partial charge in [0.15, 0.2) is 19.5 Å². The summed E-state index contributed by atoms with van der Waals surface area (Å²) >= 11 is 0. The molecule has 0 aromatic carbocycles. The lowest BCUT2D eigenvalue weighted by Gasteiger charge is -2.27. The van der Waals surface area contributed by atoms with Crippen LogP contribution >= 0.6 is 0 Å². The first kappa shape index (κ1) is 23.4. The predicted molar refractivity (Wildman–Crippen MR) is 103 cm³/mol. The van der Waals surface area contributed by atoms with E-state index in [0.29, 0.717) is 0 Å². The van der Waals surface area contributed by atoms with E-state index in [-0.39, 0.29) is 19.5 Å². The minimum absolute atomic E-state index is 0.294. The van der Waals surface area contributed by atoms with E-state index in [0.717, 1.165) is 32.1 Å². The summed E-state index contributed by atoms with van der Waals surface area (Å²) in [5.74, 6) is 0. The van der Waals surface area contributed by atoms with Crippen molar-refractivity contribution in [3.63, 3.8) is 0 Å². The highest BCUT2D eigenvalue weighted by Crippen LogP contribution is 2.15. The van der Waals surface area contributed by atoms with Crippen LogP contribution in [0.5, 0.6) is 0 Å². The molecular weight excluding hydrogens is 346 g/mol. The van der Waals surface area contributed by atoms with Crippen molar-refractivity contribution in [1.29, 1.82) is 0 Å². The Morgan fingerprint density at radius 1 is 0.696 bits per heavy atom. The molecule has 0 unspecified atom stereocenters. The number of hydrogen-bond donors (Lipinski definition) is 0. The molecule has 0 N–H and O–H groups in total. The fraction of sp³-hybridized carbons (Fsp3) is 1.00. The standard InChI is InChI=1S/C14H37NO5Si3/c1-16-21-12-6-9-15(10-7-13-22-17-2)11-8-14-23(18-3,19-4)20-5/h6-14,21-22H2,1-5H3. The van der Waals surface area contributed by atoms with Crippen LogP contribution in [0.15, 0.2) is 0 Å². The topological polar surface area (TPSA) is 49.4 Å². The van der Waals surface area contributed by atoms with Crippen molar-refractivity contribution in [2.24, 2.45) is 0 Å². The van der Waals surface area contributed by atoms with Gasteiger partial charge in [-0.25, -0.2) is 0 Å². The van der Waals surface area contributed by atoms with Gasteiger partial charge < -0.3 is 27.0 Å². The summed E-state index contributed by atoms with van der Waals surface area (Å²) in [6.07, 6.45) is 3.53. The van der Waals surface area contributed by atoms with Crippen LogP contribution in [-0.2, 0) is 22.1 Å². The average Bonchev–Trinajstić information content (AvgIpc) is 2.59. The Balaban J connectivity index is 4.15.